The first-order valence-electron chi connectivity index (χ1n) is 7.71. The molecule has 0 N–H and O–H groups in total. The lowest BCUT2D eigenvalue weighted by atomic mass is 9.97. The van der Waals surface area contributed by atoms with Gasteiger partial charge in [-0.1, -0.05) is 5.21 Å². The minimum Gasteiger partial charge on any atom is -0.465 e. The van der Waals surface area contributed by atoms with Crippen molar-refractivity contribution in [1.29, 1.82) is 0 Å². The first kappa shape index (κ1) is 13.3. The third-order valence-corrected chi connectivity index (χ3v) is 4.71. The third kappa shape index (κ3) is 2.34. The zero-order chi connectivity index (χ0) is 14.9. The van der Waals surface area contributed by atoms with Crippen LogP contribution in [0.3, 0.4) is 0 Å². The first-order chi connectivity index (χ1) is 10.8. The van der Waals surface area contributed by atoms with Gasteiger partial charge in [-0.2, -0.15) is 0 Å². The first-order valence-corrected chi connectivity index (χ1v) is 7.71. The Morgan fingerprint density at radius 1 is 1.27 bits per heavy atom. The fourth-order valence-corrected chi connectivity index (χ4v) is 3.76. The minimum absolute atomic E-state index is 0.0842. The van der Waals surface area contributed by atoms with E-state index in [1.165, 1.54) is 0 Å². The number of piperidine rings is 1. The van der Waals surface area contributed by atoms with E-state index in [0.717, 1.165) is 25.7 Å². The smallest absolute Gasteiger partial charge is 0.247 e. The number of amides is 1. The highest BCUT2D eigenvalue weighted by Gasteiger charge is 2.43. The average Bonchev–Trinajstić information content (AvgIpc) is 3.25. The maximum atomic E-state index is 12.5. The van der Waals surface area contributed by atoms with Crippen molar-refractivity contribution in [3.63, 3.8) is 0 Å². The standard InChI is InChI=1S/C16H18N4O2/c21-16(6-5-15-2-1-9-22-15)20-12-3-4-13(20)11-14(10-12)19-8-7-17-18-19/h1-2,5-9,12-14H,3-4,10-11H2/b6-5+. The molecule has 0 saturated carbocycles. The lowest BCUT2D eigenvalue weighted by molar-refractivity contribution is -0.130. The summed E-state index contributed by atoms with van der Waals surface area (Å²) >= 11 is 0. The van der Waals surface area contributed by atoms with E-state index in [1.807, 2.05) is 27.9 Å². The number of furan rings is 1. The zero-order valence-corrected chi connectivity index (χ0v) is 12.2. The van der Waals surface area contributed by atoms with Gasteiger partial charge in [0.05, 0.1) is 18.5 Å². The maximum absolute atomic E-state index is 12.5. The van der Waals surface area contributed by atoms with Gasteiger partial charge in [-0.05, 0) is 43.9 Å². The minimum atomic E-state index is 0.0842. The number of carbonyl (C=O) groups is 1. The molecule has 6 heteroatoms. The average molecular weight is 298 g/mol. The molecule has 0 radical (unpaired) electrons. The summed E-state index contributed by atoms with van der Waals surface area (Å²) in [6, 6.07) is 4.63. The van der Waals surface area contributed by atoms with Crippen molar-refractivity contribution in [3.8, 4) is 0 Å². The van der Waals surface area contributed by atoms with Crippen LogP contribution in [0.15, 0.2) is 41.3 Å². The van der Waals surface area contributed by atoms with E-state index in [4.69, 9.17) is 4.42 Å². The highest BCUT2D eigenvalue weighted by atomic mass is 16.3. The van der Waals surface area contributed by atoms with Crippen molar-refractivity contribution in [2.24, 2.45) is 0 Å². The highest BCUT2D eigenvalue weighted by molar-refractivity contribution is 5.92. The van der Waals surface area contributed by atoms with Crippen molar-refractivity contribution in [1.82, 2.24) is 19.9 Å². The topological polar surface area (TPSA) is 64.2 Å². The number of aromatic nitrogens is 3. The monoisotopic (exact) mass is 298 g/mol. The number of nitrogens with zero attached hydrogens (tertiary/aromatic N) is 4. The molecule has 0 aliphatic carbocycles. The van der Waals surface area contributed by atoms with Gasteiger partial charge in [0.1, 0.15) is 5.76 Å². The summed E-state index contributed by atoms with van der Waals surface area (Å²) in [4.78, 5) is 14.6. The van der Waals surface area contributed by atoms with Crippen LogP contribution in [-0.2, 0) is 4.79 Å². The molecule has 2 fully saturated rings. The summed E-state index contributed by atoms with van der Waals surface area (Å²) in [5, 5.41) is 8.00. The van der Waals surface area contributed by atoms with Gasteiger partial charge < -0.3 is 9.32 Å². The van der Waals surface area contributed by atoms with Crippen molar-refractivity contribution in [2.75, 3.05) is 0 Å². The Balaban J connectivity index is 1.47. The fourth-order valence-electron chi connectivity index (χ4n) is 3.76. The Labute approximate surface area is 128 Å². The van der Waals surface area contributed by atoms with Crippen LogP contribution >= 0.6 is 0 Å². The van der Waals surface area contributed by atoms with Gasteiger partial charge in [0.2, 0.25) is 5.91 Å². The van der Waals surface area contributed by atoms with Crippen molar-refractivity contribution >= 4 is 12.0 Å². The van der Waals surface area contributed by atoms with E-state index in [-0.39, 0.29) is 5.91 Å². The number of hydrogen-bond acceptors (Lipinski definition) is 4. The maximum Gasteiger partial charge on any atom is 0.247 e. The molecule has 2 bridgehead atoms. The predicted molar refractivity (Wildman–Crippen MR) is 79.7 cm³/mol. The molecule has 2 aliphatic heterocycles. The van der Waals surface area contributed by atoms with E-state index < -0.39 is 0 Å². The molecule has 0 spiro atoms. The molecular formula is C16H18N4O2. The Morgan fingerprint density at radius 3 is 2.73 bits per heavy atom. The third-order valence-electron chi connectivity index (χ3n) is 4.71. The molecule has 2 aromatic rings. The van der Waals surface area contributed by atoms with Crippen LogP contribution in [-0.4, -0.2) is 37.9 Å². The zero-order valence-electron chi connectivity index (χ0n) is 12.2. The second kappa shape index (κ2) is 5.44. The van der Waals surface area contributed by atoms with E-state index >= 15 is 0 Å². The molecule has 2 aromatic heterocycles. The molecule has 2 unspecified atom stereocenters. The summed E-state index contributed by atoms with van der Waals surface area (Å²) in [5.74, 6) is 0.791. The number of fused-ring (bicyclic) bond motifs is 2. The molecular weight excluding hydrogens is 280 g/mol. The molecule has 2 atom stereocenters. The summed E-state index contributed by atoms with van der Waals surface area (Å²) < 4.78 is 7.17. The Kier molecular flexibility index (Phi) is 3.29. The van der Waals surface area contributed by atoms with Gasteiger partial charge in [0.25, 0.3) is 0 Å². The van der Waals surface area contributed by atoms with Crippen LogP contribution in [0.25, 0.3) is 6.08 Å². The van der Waals surface area contributed by atoms with Crippen LogP contribution in [0, 0.1) is 0 Å². The van der Waals surface area contributed by atoms with Crippen LogP contribution in [0.4, 0.5) is 0 Å². The molecule has 2 saturated heterocycles. The lowest BCUT2D eigenvalue weighted by Crippen LogP contribution is -2.46. The molecule has 2 aliphatic rings. The Hall–Kier alpha value is -2.37. The van der Waals surface area contributed by atoms with Crippen molar-refractivity contribution in [2.45, 2.75) is 43.8 Å². The molecule has 114 valence electrons. The highest BCUT2D eigenvalue weighted by Crippen LogP contribution is 2.40. The van der Waals surface area contributed by atoms with Crippen LogP contribution in [0.1, 0.15) is 37.5 Å². The van der Waals surface area contributed by atoms with E-state index in [2.05, 4.69) is 10.3 Å². The largest absolute Gasteiger partial charge is 0.465 e. The quantitative estimate of drug-likeness (QED) is 0.815. The van der Waals surface area contributed by atoms with Crippen molar-refractivity contribution in [3.05, 3.63) is 42.6 Å². The van der Waals surface area contributed by atoms with Gasteiger partial charge in [0, 0.05) is 24.4 Å². The molecule has 0 aromatic carbocycles. The van der Waals surface area contributed by atoms with Gasteiger partial charge in [-0.25, -0.2) is 4.68 Å². The molecule has 22 heavy (non-hydrogen) atoms. The normalized spacial score (nSPS) is 27.6. The summed E-state index contributed by atoms with van der Waals surface area (Å²) in [6.45, 7) is 0. The Bertz CT molecular complexity index is 648. The van der Waals surface area contributed by atoms with Crippen LogP contribution in [0.2, 0.25) is 0 Å². The Morgan fingerprint density at radius 2 is 2.09 bits per heavy atom. The van der Waals surface area contributed by atoms with Gasteiger partial charge >= 0.3 is 0 Å². The molecule has 1 amide bonds. The van der Waals surface area contributed by atoms with E-state index in [0.29, 0.717) is 23.9 Å². The van der Waals surface area contributed by atoms with Crippen LogP contribution in [0.5, 0.6) is 0 Å². The SMILES string of the molecule is O=C(/C=C/c1ccco1)N1C2CCC1CC(n1ccnn1)C2. The summed E-state index contributed by atoms with van der Waals surface area (Å²) in [5.41, 5.74) is 0. The molecule has 4 rings (SSSR count). The van der Waals surface area contributed by atoms with Gasteiger partial charge in [-0.3, -0.25) is 4.79 Å². The second-order valence-corrected chi connectivity index (χ2v) is 5.99. The van der Waals surface area contributed by atoms with E-state index in [9.17, 15) is 4.79 Å². The fraction of sp³-hybridized carbons (Fsp3) is 0.438. The number of rotatable bonds is 3. The van der Waals surface area contributed by atoms with Crippen LogP contribution < -0.4 is 0 Å². The predicted octanol–water partition coefficient (Wildman–Crippen LogP) is 2.28. The number of hydrogen-bond donors (Lipinski definition) is 0. The molecule has 4 heterocycles. The second-order valence-electron chi connectivity index (χ2n) is 5.99. The van der Waals surface area contributed by atoms with Gasteiger partial charge in [0.15, 0.2) is 0 Å². The summed E-state index contributed by atoms with van der Waals surface area (Å²) in [6.07, 6.45) is 12.7. The molecule has 6 nitrogen and oxygen atoms in total. The van der Waals surface area contributed by atoms with Gasteiger partial charge in [-0.15, -0.1) is 5.10 Å². The number of carbonyl (C=O) groups excluding carboxylic acids is 1. The van der Waals surface area contributed by atoms with Crippen molar-refractivity contribution < 1.29 is 9.21 Å². The van der Waals surface area contributed by atoms with E-state index in [1.54, 1.807) is 24.6 Å². The lowest BCUT2D eigenvalue weighted by Gasteiger charge is -2.38. The summed E-state index contributed by atoms with van der Waals surface area (Å²) in [7, 11) is 0.